The summed E-state index contributed by atoms with van der Waals surface area (Å²) in [7, 11) is 0. The van der Waals surface area contributed by atoms with Crippen molar-refractivity contribution in [2.24, 2.45) is 0 Å². The summed E-state index contributed by atoms with van der Waals surface area (Å²) < 4.78 is 0. The fourth-order valence-corrected chi connectivity index (χ4v) is 3.81. The molecule has 0 unspecified atom stereocenters. The number of rotatable bonds is 6. The van der Waals surface area contributed by atoms with Gasteiger partial charge in [0.05, 0.1) is 18.0 Å². The van der Waals surface area contributed by atoms with Gasteiger partial charge in [0, 0.05) is 22.0 Å². The maximum atomic E-state index is 12.5. The quantitative estimate of drug-likeness (QED) is 0.741. The van der Waals surface area contributed by atoms with E-state index in [0.29, 0.717) is 29.4 Å². The Balaban J connectivity index is 1.84. The number of thioether (sulfide) groups is 1. The van der Waals surface area contributed by atoms with E-state index >= 15 is 0 Å². The zero-order valence-corrected chi connectivity index (χ0v) is 16.2. The van der Waals surface area contributed by atoms with E-state index in [1.54, 1.807) is 4.90 Å². The Morgan fingerprint density at radius 1 is 1.23 bits per heavy atom. The van der Waals surface area contributed by atoms with Gasteiger partial charge in [-0.1, -0.05) is 37.1 Å². The van der Waals surface area contributed by atoms with Crippen LogP contribution in [0.1, 0.15) is 35.7 Å². The van der Waals surface area contributed by atoms with E-state index in [2.05, 4.69) is 12.2 Å². The summed E-state index contributed by atoms with van der Waals surface area (Å²) in [5, 5.41) is 3.59. The molecule has 0 bridgehead atoms. The van der Waals surface area contributed by atoms with E-state index in [1.165, 1.54) is 11.8 Å². The molecule has 136 valence electrons. The molecule has 4 nitrogen and oxygen atoms in total. The second-order valence-electron chi connectivity index (χ2n) is 6.19. The number of halogens is 1. The molecule has 0 saturated heterocycles. The van der Waals surface area contributed by atoms with Crippen LogP contribution in [0.2, 0.25) is 5.02 Å². The molecule has 1 aliphatic heterocycles. The first-order valence-corrected chi connectivity index (χ1v) is 10.0. The highest BCUT2D eigenvalue weighted by atomic mass is 35.5. The van der Waals surface area contributed by atoms with Gasteiger partial charge in [-0.2, -0.15) is 0 Å². The van der Waals surface area contributed by atoms with Crippen molar-refractivity contribution in [2.75, 3.05) is 17.2 Å². The van der Waals surface area contributed by atoms with Crippen molar-refractivity contribution >= 4 is 40.9 Å². The average Bonchev–Trinajstić information content (AvgIpc) is 2.65. The highest BCUT2D eigenvalue weighted by Crippen LogP contribution is 2.37. The van der Waals surface area contributed by atoms with E-state index in [1.807, 2.05) is 42.5 Å². The monoisotopic (exact) mass is 388 g/mol. The first kappa shape index (κ1) is 18.8. The van der Waals surface area contributed by atoms with Gasteiger partial charge >= 0.3 is 0 Å². The number of benzene rings is 2. The predicted molar refractivity (Wildman–Crippen MR) is 107 cm³/mol. The van der Waals surface area contributed by atoms with Crippen molar-refractivity contribution in [2.45, 2.75) is 31.2 Å². The number of fused-ring (bicyclic) bond motifs is 1. The van der Waals surface area contributed by atoms with E-state index in [4.69, 9.17) is 11.6 Å². The predicted octanol–water partition coefficient (Wildman–Crippen LogP) is 4.51. The minimum atomic E-state index is -0.101. The van der Waals surface area contributed by atoms with Crippen molar-refractivity contribution in [1.29, 1.82) is 0 Å². The lowest BCUT2D eigenvalue weighted by molar-refractivity contribution is -0.116. The van der Waals surface area contributed by atoms with Gasteiger partial charge in [-0.05, 0) is 42.3 Å². The number of hydrogen-bond acceptors (Lipinski definition) is 3. The molecule has 2 aromatic rings. The SMILES string of the molecule is CCCCNC(=O)c1ccc2c(c1)N(Cc1ccc(Cl)cc1)C(=O)CS2. The molecule has 0 aliphatic carbocycles. The van der Waals surface area contributed by atoms with E-state index in [-0.39, 0.29) is 11.8 Å². The standard InChI is InChI=1S/C20H21ClN2O2S/c1-2-3-10-22-20(25)15-6-9-18-17(11-15)23(19(24)13-26-18)12-14-4-7-16(21)8-5-14/h4-9,11H,2-3,10,12-13H2,1H3,(H,22,25). The molecule has 6 heteroatoms. The lowest BCUT2D eigenvalue weighted by Gasteiger charge is -2.29. The van der Waals surface area contributed by atoms with E-state index in [9.17, 15) is 9.59 Å². The maximum Gasteiger partial charge on any atom is 0.251 e. The average molecular weight is 389 g/mol. The second-order valence-corrected chi connectivity index (χ2v) is 7.64. The maximum absolute atomic E-state index is 12.5. The largest absolute Gasteiger partial charge is 0.352 e. The Labute approximate surface area is 162 Å². The summed E-state index contributed by atoms with van der Waals surface area (Å²) in [5.74, 6) is 0.347. The molecule has 0 aromatic heterocycles. The highest BCUT2D eigenvalue weighted by molar-refractivity contribution is 8.00. The topological polar surface area (TPSA) is 49.4 Å². The first-order chi connectivity index (χ1) is 12.6. The zero-order valence-electron chi connectivity index (χ0n) is 14.6. The fourth-order valence-electron chi connectivity index (χ4n) is 2.77. The van der Waals surface area contributed by atoms with Crippen LogP contribution in [0.15, 0.2) is 47.4 Å². The molecule has 0 fully saturated rings. The van der Waals surface area contributed by atoms with Gasteiger partial charge in [0.15, 0.2) is 0 Å². The summed E-state index contributed by atoms with van der Waals surface area (Å²) in [5.41, 5.74) is 2.37. The van der Waals surface area contributed by atoms with Gasteiger partial charge in [-0.25, -0.2) is 0 Å². The Bertz CT molecular complexity index is 808. The van der Waals surface area contributed by atoms with E-state index < -0.39 is 0 Å². The van der Waals surface area contributed by atoms with Crippen molar-refractivity contribution in [3.05, 3.63) is 58.6 Å². The van der Waals surface area contributed by atoms with Crippen molar-refractivity contribution < 1.29 is 9.59 Å². The van der Waals surface area contributed by atoms with Gasteiger partial charge in [0.25, 0.3) is 5.91 Å². The van der Waals surface area contributed by atoms with Crippen LogP contribution in [0.3, 0.4) is 0 Å². The van der Waals surface area contributed by atoms with Crippen LogP contribution in [0.25, 0.3) is 0 Å². The third-order valence-electron chi connectivity index (χ3n) is 4.23. The number of carbonyl (C=O) groups is 2. The summed E-state index contributed by atoms with van der Waals surface area (Å²) in [6.45, 7) is 3.21. The van der Waals surface area contributed by atoms with Gasteiger partial charge < -0.3 is 10.2 Å². The smallest absolute Gasteiger partial charge is 0.251 e. The highest BCUT2D eigenvalue weighted by Gasteiger charge is 2.26. The normalized spacial score (nSPS) is 13.5. The van der Waals surface area contributed by atoms with Crippen LogP contribution < -0.4 is 10.2 Å². The third-order valence-corrected chi connectivity index (χ3v) is 5.53. The number of anilines is 1. The molecule has 2 aromatic carbocycles. The van der Waals surface area contributed by atoms with Crippen molar-refractivity contribution in [1.82, 2.24) is 5.32 Å². The summed E-state index contributed by atoms with van der Waals surface area (Å²) >= 11 is 7.46. The van der Waals surface area contributed by atoms with Gasteiger partial charge in [0.1, 0.15) is 0 Å². The zero-order chi connectivity index (χ0) is 18.5. The Morgan fingerprint density at radius 2 is 2.00 bits per heavy atom. The Hall–Kier alpha value is -1.98. The molecule has 2 amide bonds. The van der Waals surface area contributed by atoms with Crippen molar-refractivity contribution in [3.63, 3.8) is 0 Å². The molecule has 1 N–H and O–H groups in total. The second kappa shape index (κ2) is 8.60. The molecule has 0 atom stereocenters. The molecule has 0 radical (unpaired) electrons. The van der Waals surface area contributed by atoms with Gasteiger partial charge in [-0.3, -0.25) is 9.59 Å². The number of nitrogens with one attached hydrogen (secondary N) is 1. The van der Waals surface area contributed by atoms with Crippen LogP contribution in [0, 0.1) is 0 Å². The molecular formula is C20H21ClN2O2S. The lowest BCUT2D eigenvalue weighted by atomic mass is 10.1. The Morgan fingerprint density at radius 3 is 2.73 bits per heavy atom. The van der Waals surface area contributed by atoms with Crippen LogP contribution in [-0.4, -0.2) is 24.1 Å². The van der Waals surface area contributed by atoms with Crippen molar-refractivity contribution in [3.8, 4) is 0 Å². The molecular weight excluding hydrogens is 368 g/mol. The van der Waals surface area contributed by atoms with Crippen LogP contribution >= 0.6 is 23.4 Å². The summed E-state index contributed by atoms with van der Waals surface area (Å²) in [6.07, 6.45) is 1.98. The van der Waals surface area contributed by atoms with Gasteiger partial charge in [-0.15, -0.1) is 11.8 Å². The number of hydrogen-bond donors (Lipinski definition) is 1. The molecule has 0 saturated carbocycles. The number of amides is 2. The van der Waals surface area contributed by atoms with Crippen LogP contribution in [0.5, 0.6) is 0 Å². The minimum absolute atomic E-state index is 0.0426. The molecule has 3 rings (SSSR count). The molecule has 26 heavy (non-hydrogen) atoms. The summed E-state index contributed by atoms with van der Waals surface area (Å²) in [6, 6.07) is 13.0. The number of nitrogens with zero attached hydrogens (tertiary/aromatic N) is 1. The third kappa shape index (κ3) is 4.40. The minimum Gasteiger partial charge on any atom is -0.352 e. The van der Waals surface area contributed by atoms with Crippen LogP contribution in [0.4, 0.5) is 5.69 Å². The number of unbranched alkanes of at least 4 members (excludes halogenated alkanes) is 1. The summed E-state index contributed by atoms with van der Waals surface area (Å²) in [4.78, 5) is 27.6. The molecule has 0 spiro atoms. The number of carbonyl (C=O) groups excluding carboxylic acids is 2. The van der Waals surface area contributed by atoms with E-state index in [0.717, 1.165) is 29.0 Å². The molecule has 1 heterocycles. The lowest BCUT2D eigenvalue weighted by Crippen LogP contribution is -2.35. The Kier molecular flexibility index (Phi) is 6.22. The molecule has 1 aliphatic rings. The van der Waals surface area contributed by atoms with Gasteiger partial charge in [0.2, 0.25) is 5.91 Å². The first-order valence-electron chi connectivity index (χ1n) is 8.68. The fraction of sp³-hybridized carbons (Fsp3) is 0.300. The van der Waals surface area contributed by atoms with Crippen LogP contribution in [-0.2, 0) is 11.3 Å².